The maximum atomic E-state index is 12.3. The molecule has 2 atom stereocenters. The van der Waals surface area contributed by atoms with Gasteiger partial charge in [0.15, 0.2) is 0 Å². The van der Waals surface area contributed by atoms with E-state index in [-0.39, 0.29) is 18.2 Å². The Morgan fingerprint density at radius 1 is 1.35 bits per heavy atom. The fourth-order valence-corrected chi connectivity index (χ4v) is 3.33. The van der Waals surface area contributed by atoms with Crippen LogP contribution in [0.4, 0.5) is 4.79 Å². The topological polar surface area (TPSA) is 49.8 Å². The van der Waals surface area contributed by atoms with Crippen LogP contribution in [0.25, 0.3) is 0 Å². The van der Waals surface area contributed by atoms with Crippen LogP contribution >= 0.6 is 0 Å². The van der Waals surface area contributed by atoms with Gasteiger partial charge in [-0.15, -0.1) is 11.8 Å². The lowest BCUT2D eigenvalue weighted by Crippen LogP contribution is -2.54. The first kappa shape index (κ1) is 15.2. The monoisotopic (exact) mass is 279 g/mol. The molecule has 4 nitrogen and oxygen atoms in total. The third-order valence-electron chi connectivity index (χ3n) is 4.05. The van der Waals surface area contributed by atoms with Crippen molar-refractivity contribution in [3.8, 4) is 11.8 Å². The molecule has 112 valence electrons. The van der Waals surface area contributed by atoms with Crippen LogP contribution in [0.5, 0.6) is 0 Å². The molecule has 2 saturated heterocycles. The summed E-state index contributed by atoms with van der Waals surface area (Å²) in [4.78, 5) is 14.1. The minimum Gasteiger partial charge on any atom is -0.444 e. The summed E-state index contributed by atoms with van der Waals surface area (Å²) in [7, 11) is 0. The summed E-state index contributed by atoms with van der Waals surface area (Å²) < 4.78 is 5.48. The minimum absolute atomic E-state index is 0.0901. The summed E-state index contributed by atoms with van der Waals surface area (Å²) in [5.74, 6) is 5.82. The number of aliphatic hydroxyl groups is 1. The number of amides is 1. The molecule has 0 aliphatic carbocycles. The van der Waals surface area contributed by atoms with E-state index < -0.39 is 11.2 Å². The fourth-order valence-electron chi connectivity index (χ4n) is 3.33. The molecule has 2 unspecified atom stereocenters. The van der Waals surface area contributed by atoms with E-state index in [9.17, 15) is 9.90 Å². The van der Waals surface area contributed by atoms with Gasteiger partial charge in [0.2, 0.25) is 0 Å². The second kappa shape index (κ2) is 5.29. The maximum Gasteiger partial charge on any atom is 0.410 e. The van der Waals surface area contributed by atoms with Gasteiger partial charge < -0.3 is 14.7 Å². The highest BCUT2D eigenvalue weighted by atomic mass is 16.6. The van der Waals surface area contributed by atoms with E-state index in [1.807, 2.05) is 25.7 Å². The van der Waals surface area contributed by atoms with Crippen molar-refractivity contribution >= 4 is 6.09 Å². The number of hydrogen-bond donors (Lipinski definition) is 1. The summed E-state index contributed by atoms with van der Waals surface area (Å²) in [5, 5.41) is 10.6. The Morgan fingerprint density at radius 2 is 1.90 bits per heavy atom. The van der Waals surface area contributed by atoms with Crippen LogP contribution < -0.4 is 0 Å². The minimum atomic E-state index is -0.743. The number of hydrogen-bond acceptors (Lipinski definition) is 3. The molecule has 1 N–H and O–H groups in total. The average Bonchev–Trinajstić information content (AvgIpc) is 2.58. The van der Waals surface area contributed by atoms with E-state index in [4.69, 9.17) is 4.74 Å². The number of ether oxygens (including phenoxy) is 1. The second-order valence-electron chi connectivity index (χ2n) is 7.01. The number of carbonyl (C=O) groups excluding carboxylic acids is 1. The highest BCUT2D eigenvalue weighted by molar-refractivity contribution is 5.69. The number of fused-ring (bicyclic) bond motifs is 2. The third-order valence-corrected chi connectivity index (χ3v) is 4.05. The van der Waals surface area contributed by atoms with Crippen LogP contribution in [0.1, 0.15) is 59.8 Å². The summed E-state index contributed by atoms with van der Waals surface area (Å²) in [6.45, 7) is 7.42. The maximum absolute atomic E-state index is 12.3. The quantitative estimate of drug-likeness (QED) is 0.751. The van der Waals surface area contributed by atoms with Crippen molar-refractivity contribution in [3.05, 3.63) is 0 Å². The number of nitrogens with zero attached hydrogens (tertiary/aromatic N) is 1. The molecule has 20 heavy (non-hydrogen) atoms. The van der Waals surface area contributed by atoms with Crippen LogP contribution in [0.15, 0.2) is 0 Å². The van der Waals surface area contributed by atoms with E-state index >= 15 is 0 Å². The zero-order chi connectivity index (χ0) is 15.0. The molecular formula is C16H25NO3. The Balaban J connectivity index is 2.06. The van der Waals surface area contributed by atoms with Crippen molar-refractivity contribution in [2.75, 3.05) is 0 Å². The summed E-state index contributed by atoms with van der Waals surface area (Å²) in [6.07, 6.45) is 3.37. The van der Waals surface area contributed by atoms with Crippen LogP contribution in [0.3, 0.4) is 0 Å². The molecule has 2 bridgehead atoms. The predicted molar refractivity (Wildman–Crippen MR) is 77.1 cm³/mol. The average molecular weight is 279 g/mol. The van der Waals surface area contributed by atoms with Gasteiger partial charge in [-0.3, -0.25) is 0 Å². The van der Waals surface area contributed by atoms with Gasteiger partial charge in [-0.25, -0.2) is 4.79 Å². The Labute approximate surface area is 121 Å². The molecule has 0 spiro atoms. The molecule has 4 heteroatoms. The lowest BCUT2D eigenvalue weighted by molar-refractivity contribution is -0.0555. The molecule has 1 amide bonds. The first-order chi connectivity index (χ1) is 9.24. The van der Waals surface area contributed by atoms with Gasteiger partial charge in [-0.1, -0.05) is 0 Å². The molecule has 0 radical (unpaired) electrons. The SMILES string of the molecule is CC#CCC1(O)CC2CCC(C1)N2C(=O)OC(C)(C)C. The predicted octanol–water partition coefficient (Wildman–Crippen LogP) is 2.69. The number of piperidine rings is 1. The van der Waals surface area contributed by atoms with Gasteiger partial charge in [0.1, 0.15) is 5.60 Å². The van der Waals surface area contributed by atoms with E-state index in [1.165, 1.54) is 0 Å². The molecular weight excluding hydrogens is 254 g/mol. The highest BCUT2D eigenvalue weighted by Gasteiger charge is 2.50. The Bertz CT molecular complexity index is 427. The third kappa shape index (κ3) is 3.27. The summed E-state index contributed by atoms with van der Waals surface area (Å²) in [6, 6.07) is 0.180. The van der Waals surface area contributed by atoms with Crippen molar-refractivity contribution in [1.82, 2.24) is 4.90 Å². The van der Waals surface area contributed by atoms with Gasteiger partial charge >= 0.3 is 6.09 Å². The smallest absolute Gasteiger partial charge is 0.410 e. The first-order valence-corrected chi connectivity index (χ1v) is 7.37. The lowest BCUT2D eigenvalue weighted by Gasteiger charge is -2.43. The number of carbonyl (C=O) groups is 1. The van der Waals surface area contributed by atoms with Crippen molar-refractivity contribution in [2.24, 2.45) is 0 Å². The van der Waals surface area contributed by atoms with Gasteiger partial charge in [-0.2, -0.15) is 0 Å². The normalized spacial score (nSPS) is 32.5. The Hall–Kier alpha value is -1.21. The lowest BCUT2D eigenvalue weighted by atomic mass is 9.84. The molecule has 0 aromatic rings. The molecule has 2 fully saturated rings. The van der Waals surface area contributed by atoms with Gasteiger partial charge in [0.05, 0.1) is 5.60 Å². The zero-order valence-electron chi connectivity index (χ0n) is 12.9. The van der Waals surface area contributed by atoms with Crippen molar-refractivity contribution in [1.29, 1.82) is 0 Å². The second-order valence-corrected chi connectivity index (χ2v) is 7.01. The van der Waals surface area contributed by atoms with E-state index in [2.05, 4.69) is 11.8 Å². The van der Waals surface area contributed by atoms with Crippen molar-refractivity contribution in [3.63, 3.8) is 0 Å². The van der Waals surface area contributed by atoms with Gasteiger partial charge in [0, 0.05) is 18.5 Å². The van der Waals surface area contributed by atoms with Gasteiger partial charge in [0.25, 0.3) is 0 Å². The number of rotatable bonds is 1. The van der Waals surface area contributed by atoms with Crippen molar-refractivity contribution < 1.29 is 14.6 Å². The van der Waals surface area contributed by atoms with E-state index in [0.717, 1.165) is 12.8 Å². The molecule has 0 saturated carbocycles. The van der Waals surface area contributed by atoms with Gasteiger partial charge in [-0.05, 0) is 53.4 Å². The Morgan fingerprint density at radius 3 is 2.35 bits per heavy atom. The van der Waals surface area contributed by atoms with Crippen molar-refractivity contribution in [2.45, 2.75) is 83.1 Å². The summed E-state index contributed by atoms with van der Waals surface area (Å²) in [5.41, 5.74) is -1.22. The fraction of sp³-hybridized carbons (Fsp3) is 0.812. The standard InChI is InChI=1S/C16H25NO3/c1-5-6-9-16(19)10-12-7-8-13(11-16)17(12)14(18)20-15(2,3)4/h12-13,19H,7-11H2,1-4H3. The van der Waals surface area contributed by atoms with E-state index in [1.54, 1.807) is 6.92 Å². The van der Waals surface area contributed by atoms with Crippen LogP contribution in [0, 0.1) is 11.8 Å². The highest BCUT2D eigenvalue weighted by Crippen LogP contribution is 2.42. The first-order valence-electron chi connectivity index (χ1n) is 7.37. The molecule has 0 aromatic carbocycles. The molecule has 0 aromatic heterocycles. The summed E-state index contributed by atoms with van der Waals surface area (Å²) >= 11 is 0. The Kier molecular flexibility index (Phi) is 4.02. The zero-order valence-corrected chi connectivity index (χ0v) is 12.9. The molecule has 2 aliphatic rings. The van der Waals surface area contributed by atoms with Crippen LogP contribution in [-0.2, 0) is 4.74 Å². The molecule has 2 aliphatic heterocycles. The largest absolute Gasteiger partial charge is 0.444 e. The molecule has 2 rings (SSSR count). The molecule has 2 heterocycles. The van der Waals surface area contributed by atoms with Crippen LogP contribution in [-0.4, -0.2) is 39.4 Å². The van der Waals surface area contributed by atoms with Crippen LogP contribution in [0.2, 0.25) is 0 Å². The van der Waals surface area contributed by atoms with E-state index in [0.29, 0.717) is 19.3 Å².